The highest BCUT2D eigenvalue weighted by Crippen LogP contribution is 2.20. The molecule has 1 saturated heterocycles. The lowest BCUT2D eigenvalue weighted by Crippen LogP contribution is -2.60. The van der Waals surface area contributed by atoms with Crippen LogP contribution >= 0.6 is 0 Å². The summed E-state index contributed by atoms with van der Waals surface area (Å²) in [6, 6.07) is 0.806. The summed E-state index contributed by atoms with van der Waals surface area (Å²) in [7, 11) is 0. The summed E-state index contributed by atoms with van der Waals surface area (Å²) in [4.78, 5) is 11.7. The summed E-state index contributed by atoms with van der Waals surface area (Å²) < 4.78 is 0. The van der Waals surface area contributed by atoms with E-state index in [-0.39, 0.29) is 5.91 Å². The van der Waals surface area contributed by atoms with Crippen LogP contribution in [0.1, 0.15) is 47.0 Å². The van der Waals surface area contributed by atoms with Crippen molar-refractivity contribution in [2.75, 3.05) is 0 Å². The second-order valence-corrected chi connectivity index (χ2v) is 5.20. The van der Waals surface area contributed by atoms with Gasteiger partial charge in [0.25, 0.3) is 5.91 Å². The lowest BCUT2D eigenvalue weighted by atomic mass is 9.99. The van der Waals surface area contributed by atoms with E-state index in [1.165, 1.54) is 6.42 Å². The first kappa shape index (κ1) is 12.5. The van der Waals surface area contributed by atoms with E-state index >= 15 is 0 Å². The van der Waals surface area contributed by atoms with E-state index in [9.17, 15) is 4.79 Å². The number of hydrogen-bond acceptors (Lipinski definition) is 3. The molecule has 0 aromatic carbocycles. The molecule has 4 heteroatoms. The van der Waals surface area contributed by atoms with Gasteiger partial charge in [-0.25, -0.2) is 5.01 Å². The predicted molar refractivity (Wildman–Crippen MR) is 61.0 cm³/mol. The first-order valence-corrected chi connectivity index (χ1v) is 5.70. The van der Waals surface area contributed by atoms with E-state index in [1.807, 2.05) is 5.01 Å². The first-order chi connectivity index (χ1) is 6.82. The quantitative estimate of drug-likeness (QED) is 0.720. The van der Waals surface area contributed by atoms with E-state index in [4.69, 9.17) is 5.73 Å². The van der Waals surface area contributed by atoms with Crippen LogP contribution in [0, 0.1) is 0 Å². The van der Waals surface area contributed by atoms with E-state index < -0.39 is 5.54 Å². The van der Waals surface area contributed by atoms with Gasteiger partial charge in [0.15, 0.2) is 0 Å². The van der Waals surface area contributed by atoms with Gasteiger partial charge in [-0.05, 0) is 40.5 Å². The van der Waals surface area contributed by atoms with Crippen LogP contribution in [-0.4, -0.2) is 28.5 Å². The molecule has 0 radical (unpaired) electrons. The summed E-state index contributed by atoms with van der Waals surface area (Å²) in [5.74, 6) is -0.108. The van der Waals surface area contributed by atoms with Gasteiger partial charge in [-0.1, -0.05) is 6.42 Å². The Morgan fingerprint density at radius 1 is 1.33 bits per heavy atom. The molecule has 2 atom stereocenters. The van der Waals surface area contributed by atoms with Gasteiger partial charge in [0.2, 0.25) is 0 Å². The summed E-state index contributed by atoms with van der Waals surface area (Å²) >= 11 is 0. The molecule has 0 aliphatic carbocycles. The van der Waals surface area contributed by atoms with Crippen LogP contribution < -0.4 is 11.2 Å². The Balaban J connectivity index is 2.59. The molecule has 0 saturated carbocycles. The lowest BCUT2D eigenvalue weighted by molar-refractivity contribution is -0.133. The van der Waals surface area contributed by atoms with E-state index in [1.54, 1.807) is 13.8 Å². The number of nitrogens with zero attached hydrogens (tertiary/aromatic N) is 1. The van der Waals surface area contributed by atoms with Gasteiger partial charge in [0, 0.05) is 12.1 Å². The Bertz CT molecular complexity index is 224. The van der Waals surface area contributed by atoms with Crippen molar-refractivity contribution in [2.45, 2.75) is 64.6 Å². The van der Waals surface area contributed by atoms with Crippen LogP contribution in [0.5, 0.6) is 0 Å². The molecule has 15 heavy (non-hydrogen) atoms. The lowest BCUT2D eigenvalue weighted by Gasteiger charge is -2.40. The highest BCUT2D eigenvalue weighted by atomic mass is 16.2. The zero-order valence-electron chi connectivity index (χ0n) is 10.2. The smallest absolute Gasteiger partial charge is 0.253 e. The number of carbonyl (C=O) groups excluding carboxylic acids is 1. The third-order valence-electron chi connectivity index (χ3n) is 3.01. The van der Waals surface area contributed by atoms with Gasteiger partial charge in [-0.3, -0.25) is 10.2 Å². The zero-order valence-corrected chi connectivity index (χ0v) is 10.2. The van der Waals surface area contributed by atoms with Crippen LogP contribution in [0.4, 0.5) is 0 Å². The SMILES string of the molecule is CC1CCCC(C)N1NC(=O)C(C)(C)N. The van der Waals surface area contributed by atoms with E-state index in [2.05, 4.69) is 19.3 Å². The van der Waals surface area contributed by atoms with E-state index in [0.29, 0.717) is 12.1 Å². The fraction of sp³-hybridized carbons (Fsp3) is 0.909. The molecule has 0 bridgehead atoms. The molecule has 1 aliphatic heterocycles. The maximum Gasteiger partial charge on any atom is 0.253 e. The first-order valence-electron chi connectivity index (χ1n) is 5.70. The molecule has 88 valence electrons. The average molecular weight is 213 g/mol. The van der Waals surface area contributed by atoms with Crippen molar-refractivity contribution in [3.8, 4) is 0 Å². The maximum absolute atomic E-state index is 11.7. The molecule has 1 rings (SSSR count). The van der Waals surface area contributed by atoms with Gasteiger partial charge in [0.05, 0.1) is 5.54 Å². The van der Waals surface area contributed by atoms with Crippen LogP contribution in [-0.2, 0) is 4.79 Å². The summed E-state index contributed by atoms with van der Waals surface area (Å²) in [5, 5.41) is 2.04. The third-order valence-corrected chi connectivity index (χ3v) is 3.01. The number of hydrazine groups is 1. The third kappa shape index (κ3) is 3.18. The number of nitrogens with one attached hydrogen (secondary N) is 1. The molecule has 1 heterocycles. The number of hydrogen-bond donors (Lipinski definition) is 2. The largest absolute Gasteiger partial charge is 0.318 e. The van der Waals surface area contributed by atoms with Gasteiger partial charge < -0.3 is 5.73 Å². The zero-order chi connectivity index (χ0) is 11.6. The Hall–Kier alpha value is -0.610. The second-order valence-electron chi connectivity index (χ2n) is 5.20. The topological polar surface area (TPSA) is 58.4 Å². The van der Waals surface area contributed by atoms with Crippen molar-refractivity contribution in [1.29, 1.82) is 0 Å². The molecule has 4 nitrogen and oxygen atoms in total. The fourth-order valence-corrected chi connectivity index (χ4v) is 1.90. The Kier molecular flexibility index (Phi) is 3.73. The average Bonchev–Trinajstić information content (AvgIpc) is 2.09. The molecule has 3 N–H and O–H groups in total. The van der Waals surface area contributed by atoms with Crippen LogP contribution in [0.15, 0.2) is 0 Å². The molecule has 1 fully saturated rings. The predicted octanol–water partition coefficient (Wildman–Crippen LogP) is 1.02. The van der Waals surface area contributed by atoms with Crippen molar-refractivity contribution in [3.63, 3.8) is 0 Å². The standard InChI is InChI=1S/C11H23N3O/c1-8-6-5-7-9(2)14(8)13-10(15)11(3,4)12/h8-9H,5-7,12H2,1-4H3,(H,13,15). The second kappa shape index (κ2) is 4.49. The van der Waals surface area contributed by atoms with Crippen LogP contribution in [0.3, 0.4) is 0 Å². The van der Waals surface area contributed by atoms with Gasteiger partial charge in [-0.2, -0.15) is 0 Å². The normalized spacial score (nSPS) is 28.9. The Labute approximate surface area is 92.2 Å². The summed E-state index contributed by atoms with van der Waals surface area (Å²) in [6.07, 6.45) is 3.51. The minimum atomic E-state index is -0.809. The van der Waals surface area contributed by atoms with Crippen LogP contribution in [0.2, 0.25) is 0 Å². The number of amides is 1. The van der Waals surface area contributed by atoms with Crippen molar-refractivity contribution in [2.24, 2.45) is 5.73 Å². The number of nitrogens with two attached hydrogens (primary N) is 1. The molecule has 2 unspecified atom stereocenters. The molecular weight excluding hydrogens is 190 g/mol. The Morgan fingerprint density at radius 2 is 1.80 bits per heavy atom. The number of piperidine rings is 1. The van der Waals surface area contributed by atoms with Crippen molar-refractivity contribution in [3.05, 3.63) is 0 Å². The molecule has 1 aliphatic rings. The summed E-state index contributed by atoms with van der Waals surface area (Å²) in [5.41, 5.74) is 7.87. The maximum atomic E-state index is 11.7. The van der Waals surface area contributed by atoms with Gasteiger partial charge in [0.1, 0.15) is 0 Å². The molecular formula is C11H23N3O. The van der Waals surface area contributed by atoms with Gasteiger partial charge in [-0.15, -0.1) is 0 Å². The molecule has 0 spiro atoms. The number of carbonyl (C=O) groups is 1. The van der Waals surface area contributed by atoms with Crippen LogP contribution in [0.25, 0.3) is 0 Å². The van der Waals surface area contributed by atoms with Crippen molar-refractivity contribution in [1.82, 2.24) is 10.4 Å². The van der Waals surface area contributed by atoms with Gasteiger partial charge >= 0.3 is 0 Å². The van der Waals surface area contributed by atoms with Crippen molar-refractivity contribution >= 4 is 5.91 Å². The Morgan fingerprint density at radius 3 is 2.20 bits per heavy atom. The fourth-order valence-electron chi connectivity index (χ4n) is 1.90. The molecule has 0 aromatic heterocycles. The van der Waals surface area contributed by atoms with Crippen molar-refractivity contribution < 1.29 is 4.79 Å². The minimum Gasteiger partial charge on any atom is -0.318 e. The molecule has 1 amide bonds. The number of rotatable bonds is 2. The summed E-state index contributed by atoms with van der Waals surface area (Å²) in [6.45, 7) is 7.72. The monoisotopic (exact) mass is 213 g/mol. The highest BCUT2D eigenvalue weighted by molar-refractivity contribution is 5.84. The highest BCUT2D eigenvalue weighted by Gasteiger charge is 2.30. The molecule has 0 aromatic rings. The minimum absolute atomic E-state index is 0.108. The van der Waals surface area contributed by atoms with E-state index in [0.717, 1.165) is 12.8 Å².